The summed E-state index contributed by atoms with van der Waals surface area (Å²) in [5, 5.41) is 6.93. The van der Waals surface area contributed by atoms with Crippen LogP contribution in [0.25, 0.3) is 10.6 Å². The highest BCUT2D eigenvalue weighted by atomic mass is 32.1. The van der Waals surface area contributed by atoms with Crippen LogP contribution in [0.2, 0.25) is 0 Å². The molecule has 0 radical (unpaired) electrons. The number of rotatable bonds is 3. The molecule has 2 saturated heterocycles. The van der Waals surface area contributed by atoms with Crippen molar-refractivity contribution in [1.29, 1.82) is 0 Å². The molecule has 0 spiro atoms. The molecule has 23 heavy (non-hydrogen) atoms. The Hall–Kier alpha value is -1.86. The summed E-state index contributed by atoms with van der Waals surface area (Å²) < 4.78 is 26.6. The van der Waals surface area contributed by atoms with Crippen LogP contribution in [0.1, 0.15) is 28.9 Å². The van der Waals surface area contributed by atoms with E-state index in [2.05, 4.69) is 15.6 Å². The van der Waals surface area contributed by atoms with Crippen LogP contribution in [0, 0.1) is 11.6 Å². The molecule has 120 valence electrons. The second-order valence-corrected chi connectivity index (χ2v) is 7.08. The van der Waals surface area contributed by atoms with Crippen LogP contribution in [0.4, 0.5) is 8.78 Å². The predicted molar refractivity (Wildman–Crippen MR) is 83.3 cm³/mol. The van der Waals surface area contributed by atoms with Crippen molar-refractivity contribution in [1.82, 2.24) is 15.6 Å². The molecule has 0 aliphatic carbocycles. The van der Waals surface area contributed by atoms with Gasteiger partial charge in [0.05, 0.1) is 6.20 Å². The lowest BCUT2D eigenvalue weighted by Crippen LogP contribution is -2.42. The van der Waals surface area contributed by atoms with Crippen LogP contribution in [0.5, 0.6) is 0 Å². The normalized spacial score (nSPS) is 25.7. The molecule has 3 atom stereocenters. The molecule has 3 heterocycles. The molecule has 2 bridgehead atoms. The Kier molecular flexibility index (Phi) is 3.61. The number of nitrogens with one attached hydrogen (secondary N) is 2. The zero-order valence-corrected chi connectivity index (χ0v) is 13.0. The number of nitrogens with zero attached hydrogens (tertiary/aromatic N) is 1. The van der Waals surface area contributed by atoms with Crippen LogP contribution in [0.3, 0.4) is 0 Å². The molecule has 1 aromatic heterocycles. The van der Waals surface area contributed by atoms with Gasteiger partial charge in [0.25, 0.3) is 5.91 Å². The minimum Gasteiger partial charge on any atom is -0.347 e. The maximum atomic E-state index is 13.3. The molecule has 0 saturated carbocycles. The summed E-state index contributed by atoms with van der Waals surface area (Å²) in [7, 11) is 0. The zero-order chi connectivity index (χ0) is 16.0. The van der Waals surface area contributed by atoms with Gasteiger partial charge in [-0.3, -0.25) is 4.79 Å². The van der Waals surface area contributed by atoms with Crippen molar-refractivity contribution in [3.8, 4) is 10.6 Å². The highest BCUT2D eigenvalue weighted by molar-refractivity contribution is 7.16. The molecule has 2 N–H and O–H groups in total. The molecule has 2 aliphatic rings. The smallest absolute Gasteiger partial charge is 0.263 e. The van der Waals surface area contributed by atoms with Gasteiger partial charge in [-0.05, 0) is 31.4 Å². The summed E-state index contributed by atoms with van der Waals surface area (Å²) >= 11 is 1.14. The summed E-state index contributed by atoms with van der Waals surface area (Å²) in [6, 6.07) is 4.25. The molecule has 2 aromatic rings. The maximum Gasteiger partial charge on any atom is 0.263 e. The van der Waals surface area contributed by atoms with E-state index in [1.54, 1.807) is 0 Å². The van der Waals surface area contributed by atoms with E-state index in [0.29, 0.717) is 27.5 Å². The van der Waals surface area contributed by atoms with Gasteiger partial charge in [-0.25, -0.2) is 13.8 Å². The third-order valence-corrected chi connectivity index (χ3v) is 5.50. The first-order chi connectivity index (χ1) is 11.1. The largest absolute Gasteiger partial charge is 0.347 e. The molecule has 2 aliphatic heterocycles. The van der Waals surface area contributed by atoms with Crippen LogP contribution in [-0.4, -0.2) is 29.0 Å². The molecule has 1 aromatic carbocycles. The van der Waals surface area contributed by atoms with E-state index < -0.39 is 11.6 Å². The summed E-state index contributed by atoms with van der Waals surface area (Å²) in [5.74, 6) is -1.49. The van der Waals surface area contributed by atoms with E-state index >= 15 is 0 Å². The Morgan fingerprint density at radius 2 is 2.04 bits per heavy atom. The van der Waals surface area contributed by atoms with E-state index in [1.807, 2.05) is 0 Å². The quantitative estimate of drug-likeness (QED) is 0.907. The van der Waals surface area contributed by atoms with Gasteiger partial charge in [-0.2, -0.15) is 0 Å². The summed E-state index contributed by atoms with van der Waals surface area (Å²) in [6.07, 6.45) is 4.68. The maximum absolute atomic E-state index is 13.3. The molecule has 4 rings (SSSR count). The van der Waals surface area contributed by atoms with Crippen molar-refractivity contribution in [3.63, 3.8) is 0 Å². The fraction of sp³-hybridized carbons (Fsp3) is 0.375. The van der Waals surface area contributed by atoms with Crippen molar-refractivity contribution in [2.75, 3.05) is 0 Å². The van der Waals surface area contributed by atoms with Crippen molar-refractivity contribution in [2.45, 2.75) is 37.4 Å². The lowest BCUT2D eigenvalue weighted by molar-refractivity contribution is 0.0935. The average molecular weight is 335 g/mol. The Morgan fingerprint density at radius 1 is 1.26 bits per heavy atom. The van der Waals surface area contributed by atoms with E-state index in [4.69, 9.17) is 0 Å². The minimum absolute atomic E-state index is 0.151. The SMILES string of the molecule is O=C(N[C@@H]1C[C@H]2CC[C@@H]1N2)c1cnc(-c2cc(F)cc(F)c2)s1. The molecule has 0 unspecified atom stereocenters. The van der Waals surface area contributed by atoms with E-state index in [0.717, 1.165) is 30.2 Å². The molecule has 4 nitrogen and oxygen atoms in total. The fourth-order valence-corrected chi connectivity index (χ4v) is 4.22. The number of hydrogen-bond donors (Lipinski definition) is 2. The first-order valence-electron chi connectivity index (χ1n) is 7.58. The van der Waals surface area contributed by atoms with Crippen LogP contribution < -0.4 is 10.6 Å². The lowest BCUT2D eigenvalue weighted by Gasteiger charge is -2.20. The number of carbonyl (C=O) groups excluding carboxylic acids is 1. The van der Waals surface area contributed by atoms with E-state index in [-0.39, 0.29) is 11.9 Å². The van der Waals surface area contributed by atoms with Crippen molar-refractivity contribution in [3.05, 3.63) is 40.9 Å². The predicted octanol–water partition coefficient (Wildman–Crippen LogP) is 2.71. The van der Waals surface area contributed by atoms with Crippen molar-refractivity contribution in [2.24, 2.45) is 0 Å². The van der Waals surface area contributed by atoms with Gasteiger partial charge < -0.3 is 10.6 Å². The van der Waals surface area contributed by atoms with E-state index in [1.165, 1.54) is 24.8 Å². The van der Waals surface area contributed by atoms with Gasteiger partial charge in [0.2, 0.25) is 0 Å². The average Bonchev–Trinajstić information content (AvgIpc) is 3.22. The molecule has 2 fully saturated rings. The van der Waals surface area contributed by atoms with Crippen molar-refractivity contribution >= 4 is 17.2 Å². The number of aromatic nitrogens is 1. The zero-order valence-electron chi connectivity index (χ0n) is 12.2. The number of carbonyl (C=O) groups is 1. The van der Waals surface area contributed by atoms with Gasteiger partial charge in [0.1, 0.15) is 21.5 Å². The van der Waals surface area contributed by atoms with Gasteiger partial charge in [-0.15, -0.1) is 11.3 Å². The third-order valence-electron chi connectivity index (χ3n) is 4.46. The summed E-state index contributed by atoms with van der Waals surface area (Å²) in [4.78, 5) is 16.9. The first kappa shape index (κ1) is 14.7. The number of amides is 1. The second kappa shape index (κ2) is 5.65. The van der Waals surface area contributed by atoms with Crippen molar-refractivity contribution < 1.29 is 13.6 Å². The van der Waals surface area contributed by atoms with E-state index in [9.17, 15) is 13.6 Å². The molecular formula is C16H15F2N3OS. The van der Waals surface area contributed by atoms with Gasteiger partial charge >= 0.3 is 0 Å². The monoisotopic (exact) mass is 335 g/mol. The summed E-state index contributed by atoms with van der Waals surface area (Å²) in [6.45, 7) is 0. The van der Waals surface area contributed by atoms with Crippen LogP contribution in [0.15, 0.2) is 24.4 Å². The Bertz CT molecular complexity index is 743. The standard InChI is InChI=1S/C16H15F2N3OS/c17-9-3-8(4-10(18)5-9)16-19-7-14(23-16)15(22)21-13-6-11-1-2-12(13)20-11/h3-5,7,11-13,20H,1-2,6H2,(H,21,22)/t11-,12+,13-/m1/s1. The topological polar surface area (TPSA) is 54.0 Å². The van der Waals surface area contributed by atoms with Crippen LogP contribution in [-0.2, 0) is 0 Å². The molecular weight excluding hydrogens is 320 g/mol. The minimum atomic E-state index is -0.658. The number of benzene rings is 1. The molecule has 7 heteroatoms. The lowest BCUT2D eigenvalue weighted by atomic mass is 9.95. The van der Waals surface area contributed by atoms with Gasteiger partial charge in [-0.1, -0.05) is 0 Å². The molecule has 1 amide bonds. The number of thiazole rings is 1. The Labute approximate surface area is 135 Å². The van der Waals surface area contributed by atoms with Gasteiger partial charge in [0, 0.05) is 29.8 Å². The number of halogens is 2. The highest BCUT2D eigenvalue weighted by Crippen LogP contribution is 2.30. The third kappa shape index (κ3) is 2.86. The number of hydrogen-bond acceptors (Lipinski definition) is 4. The Morgan fingerprint density at radius 3 is 2.70 bits per heavy atom. The second-order valence-electron chi connectivity index (χ2n) is 6.05. The van der Waals surface area contributed by atoms with Gasteiger partial charge in [0.15, 0.2) is 0 Å². The first-order valence-corrected chi connectivity index (χ1v) is 8.39. The summed E-state index contributed by atoms with van der Waals surface area (Å²) in [5.41, 5.74) is 0.341. The Balaban J connectivity index is 1.50. The fourth-order valence-electron chi connectivity index (χ4n) is 3.41. The van der Waals surface area contributed by atoms with Crippen LogP contribution >= 0.6 is 11.3 Å². The number of fused-ring (bicyclic) bond motifs is 2. The highest BCUT2D eigenvalue weighted by Gasteiger charge is 2.39.